The van der Waals surface area contributed by atoms with Crippen molar-refractivity contribution < 1.29 is 23.1 Å². The Hall–Kier alpha value is -1.44. The van der Waals surface area contributed by atoms with E-state index >= 15 is 0 Å². The molecule has 0 aromatic carbocycles. The molecule has 0 spiro atoms. The van der Waals surface area contributed by atoms with Gasteiger partial charge < -0.3 is 5.11 Å². The number of halogens is 3. The molecule has 5 nitrogen and oxygen atoms in total. The van der Waals surface area contributed by atoms with Crippen molar-refractivity contribution in [1.29, 1.82) is 0 Å². The van der Waals surface area contributed by atoms with Gasteiger partial charge >= 0.3 is 6.18 Å². The third kappa shape index (κ3) is 3.30. The first kappa shape index (κ1) is 12.6. The molecule has 1 N–H and O–H groups in total. The number of aliphatic hydroxyl groups is 1. The van der Waals surface area contributed by atoms with Gasteiger partial charge in [-0.05, 0) is 12.8 Å². The monoisotopic (exact) mass is 237 g/mol. The second-order valence-electron chi connectivity index (χ2n) is 3.12. The second kappa shape index (κ2) is 5.06. The number of hydrogen-bond acceptors (Lipinski definition) is 4. The van der Waals surface area contributed by atoms with Gasteiger partial charge in [0.25, 0.3) is 5.78 Å². The van der Waals surface area contributed by atoms with Gasteiger partial charge in [-0.1, -0.05) is 5.21 Å². The van der Waals surface area contributed by atoms with Crippen LogP contribution in [0.25, 0.3) is 0 Å². The molecule has 1 heterocycles. The van der Waals surface area contributed by atoms with Crippen molar-refractivity contribution in [3.05, 3.63) is 11.9 Å². The van der Waals surface area contributed by atoms with E-state index in [0.717, 1.165) is 10.9 Å². The summed E-state index contributed by atoms with van der Waals surface area (Å²) in [5.74, 6) is -2.00. The Morgan fingerprint density at radius 1 is 1.44 bits per heavy atom. The van der Waals surface area contributed by atoms with Gasteiger partial charge in [0.1, 0.15) is 0 Å². The number of hydrogen-bond donors (Lipinski definition) is 1. The first-order valence-electron chi connectivity index (χ1n) is 4.57. The van der Waals surface area contributed by atoms with E-state index in [9.17, 15) is 18.0 Å². The summed E-state index contributed by atoms with van der Waals surface area (Å²) < 4.78 is 37.1. The van der Waals surface area contributed by atoms with Crippen LogP contribution in [0.3, 0.4) is 0 Å². The highest BCUT2D eigenvalue weighted by Crippen LogP contribution is 2.19. The second-order valence-corrected chi connectivity index (χ2v) is 3.12. The van der Waals surface area contributed by atoms with Crippen molar-refractivity contribution in [3.8, 4) is 0 Å². The highest BCUT2D eigenvalue weighted by atomic mass is 19.4. The molecule has 0 amide bonds. The molecule has 0 aliphatic rings. The fourth-order valence-electron chi connectivity index (χ4n) is 1.04. The number of aryl methyl sites for hydroxylation is 1. The predicted molar refractivity (Wildman–Crippen MR) is 46.7 cm³/mol. The minimum atomic E-state index is -4.92. The van der Waals surface area contributed by atoms with Crippen LogP contribution in [0.1, 0.15) is 23.3 Å². The first-order chi connectivity index (χ1) is 7.45. The van der Waals surface area contributed by atoms with Crippen molar-refractivity contribution in [3.63, 3.8) is 0 Å². The van der Waals surface area contributed by atoms with E-state index in [1.807, 2.05) is 0 Å². The lowest BCUT2D eigenvalue weighted by molar-refractivity contribution is -0.0888. The molecule has 0 radical (unpaired) electrons. The largest absolute Gasteiger partial charge is 0.456 e. The molecular formula is C8H10F3N3O2. The lowest BCUT2D eigenvalue weighted by Gasteiger charge is -2.00. The molecule has 0 fully saturated rings. The minimum absolute atomic E-state index is 0.00301. The maximum atomic E-state index is 12.0. The standard InChI is InChI=1S/C8H10F3N3O2/c9-8(10,11)7(16)6-5-14(13-12-6)3-1-2-4-15/h5,15H,1-4H2. The third-order valence-electron chi connectivity index (χ3n) is 1.82. The lowest BCUT2D eigenvalue weighted by atomic mass is 10.3. The van der Waals surface area contributed by atoms with E-state index < -0.39 is 17.7 Å². The predicted octanol–water partition coefficient (Wildman–Crippen LogP) is 0.796. The van der Waals surface area contributed by atoms with Crippen LogP contribution in [0, 0.1) is 0 Å². The number of aliphatic hydroxyl groups excluding tert-OH is 1. The van der Waals surface area contributed by atoms with Gasteiger partial charge in [0, 0.05) is 13.2 Å². The smallest absolute Gasteiger partial charge is 0.396 e. The van der Waals surface area contributed by atoms with Crippen molar-refractivity contribution in [2.75, 3.05) is 6.61 Å². The zero-order valence-corrected chi connectivity index (χ0v) is 8.24. The molecule has 0 saturated carbocycles. The number of ketones is 1. The summed E-state index contributed by atoms with van der Waals surface area (Å²) in [6.07, 6.45) is -2.90. The van der Waals surface area contributed by atoms with Crippen LogP contribution in [0.5, 0.6) is 0 Å². The van der Waals surface area contributed by atoms with E-state index in [0.29, 0.717) is 19.4 Å². The van der Waals surface area contributed by atoms with Gasteiger partial charge in [0.2, 0.25) is 0 Å². The summed E-state index contributed by atoms with van der Waals surface area (Å²) in [4.78, 5) is 10.7. The Morgan fingerprint density at radius 3 is 2.69 bits per heavy atom. The zero-order chi connectivity index (χ0) is 12.2. The number of alkyl halides is 3. The maximum absolute atomic E-state index is 12.0. The van der Waals surface area contributed by atoms with Gasteiger partial charge in [-0.15, -0.1) is 5.10 Å². The summed E-state index contributed by atoms with van der Waals surface area (Å²) in [5, 5.41) is 15.0. The van der Waals surface area contributed by atoms with Gasteiger partial charge in [0.05, 0.1) is 6.20 Å². The van der Waals surface area contributed by atoms with Crippen LogP contribution >= 0.6 is 0 Å². The number of unbranched alkanes of at least 4 members (excludes halogenated alkanes) is 1. The number of carbonyl (C=O) groups excluding carboxylic acids is 1. The third-order valence-corrected chi connectivity index (χ3v) is 1.82. The summed E-state index contributed by atoms with van der Waals surface area (Å²) >= 11 is 0. The Morgan fingerprint density at radius 2 is 2.12 bits per heavy atom. The molecule has 1 aromatic rings. The van der Waals surface area contributed by atoms with Crippen LogP contribution in [0.4, 0.5) is 13.2 Å². The fraction of sp³-hybridized carbons (Fsp3) is 0.625. The molecule has 0 saturated heterocycles. The SMILES string of the molecule is O=C(c1cn(CCCCO)nn1)C(F)(F)F. The molecule has 0 atom stereocenters. The molecule has 0 aliphatic carbocycles. The Balaban J connectivity index is 2.61. The van der Waals surface area contributed by atoms with Crippen molar-refractivity contribution in [1.82, 2.24) is 15.0 Å². The lowest BCUT2D eigenvalue weighted by Crippen LogP contribution is -2.23. The number of aromatic nitrogens is 3. The van der Waals surface area contributed by atoms with Gasteiger partial charge in [-0.2, -0.15) is 13.2 Å². The van der Waals surface area contributed by atoms with Crippen molar-refractivity contribution >= 4 is 5.78 Å². The molecule has 16 heavy (non-hydrogen) atoms. The minimum Gasteiger partial charge on any atom is -0.396 e. The quantitative estimate of drug-likeness (QED) is 0.607. The zero-order valence-electron chi connectivity index (χ0n) is 8.24. The van der Waals surface area contributed by atoms with E-state index in [2.05, 4.69) is 10.3 Å². The first-order valence-corrected chi connectivity index (χ1v) is 4.57. The molecule has 90 valence electrons. The number of Topliss-reactive ketones (excluding diaryl/α,β-unsaturated/α-hetero) is 1. The van der Waals surface area contributed by atoms with Gasteiger partial charge in [-0.3, -0.25) is 9.48 Å². The fourth-order valence-corrected chi connectivity index (χ4v) is 1.04. The van der Waals surface area contributed by atoms with Crippen LogP contribution < -0.4 is 0 Å². The Labute approximate surface area is 88.9 Å². The molecule has 1 aromatic heterocycles. The van der Waals surface area contributed by atoms with Crippen LogP contribution in [-0.4, -0.2) is 38.7 Å². The van der Waals surface area contributed by atoms with Crippen LogP contribution in [0.2, 0.25) is 0 Å². The Bertz CT molecular complexity index is 362. The maximum Gasteiger partial charge on any atom is 0.456 e. The van der Waals surface area contributed by atoms with Gasteiger partial charge in [-0.25, -0.2) is 0 Å². The summed E-state index contributed by atoms with van der Waals surface area (Å²) in [7, 11) is 0. The summed E-state index contributed by atoms with van der Waals surface area (Å²) in [6.45, 7) is 0.321. The van der Waals surface area contributed by atoms with E-state index in [1.54, 1.807) is 0 Å². The summed E-state index contributed by atoms with van der Waals surface area (Å²) in [6, 6.07) is 0. The van der Waals surface area contributed by atoms with E-state index in [4.69, 9.17) is 5.11 Å². The topological polar surface area (TPSA) is 68.0 Å². The molecule has 0 aliphatic heterocycles. The highest BCUT2D eigenvalue weighted by Gasteiger charge is 2.41. The Kier molecular flexibility index (Phi) is 3.99. The van der Waals surface area contributed by atoms with E-state index in [-0.39, 0.29) is 6.61 Å². The van der Waals surface area contributed by atoms with Crippen molar-refractivity contribution in [2.45, 2.75) is 25.6 Å². The molecule has 0 bridgehead atoms. The summed E-state index contributed by atoms with van der Waals surface area (Å²) in [5.41, 5.74) is -0.712. The van der Waals surface area contributed by atoms with E-state index in [1.165, 1.54) is 0 Å². The average Bonchev–Trinajstić information content (AvgIpc) is 2.64. The number of nitrogens with zero attached hydrogens (tertiary/aromatic N) is 3. The van der Waals surface area contributed by atoms with Crippen LogP contribution in [-0.2, 0) is 6.54 Å². The molecule has 1 rings (SSSR count). The molecule has 8 heteroatoms. The average molecular weight is 237 g/mol. The molecule has 0 unspecified atom stereocenters. The number of rotatable bonds is 5. The van der Waals surface area contributed by atoms with Crippen molar-refractivity contribution in [2.24, 2.45) is 0 Å². The number of carbonyl (C=O) groups is 1. The van der Waals surface area contributed by atoms with Gasteiger partial charge in [0.15, 0.2) is 5.69 Å². The van der Waals surface area contributed by atoms with Crippen LogP contribution in [0.15, 0.2) is 6.20 Å². The highest BCUT2D eigenvalue weighted by molar-refractivity contribution is 5.98. The molecular weight excluding hydrogens is 227 g/mol. The normalized spacial score (nSPS) is 11.8.